The molecule has 0 aromatic rings. The Kier molecular flexibility index (Phi) is 1.87. The molecule has 16 heavy (non-hydrogen) atoms. The van der Waals surface area contributed by atoms with Gasteiger partial charge in [-0.25, -0.2) is 0 Å². The molecular formula is C14H24N2. The molecule has 0 radical (unpaired) electrons. The van der Waals surface area contributed by atoms with Crippen molar-refractivity contribution in [3.8, 4) is 0 Å². The molecule has 4 aliphatic carbocycles. The van der Waals surface area contributed by atoms with Crippen molar-refractivity contribution in [2.75, 3.05) is 13.1 Å². The van der Waals surface area contributed by atoms with Crippen molar-refractivity contribution in [2.24, 2.45) is 17.6 Å². The second kappa shape index (κ2) is 3.02. The van der Waals surface area contributed by atoms with Crippen LogP contribution in [0, 0.1) is 11.8 Å². The van der Waals surface area contributed by atoms with Gasteiger partial charge in [0.25, 0.3) is 0 Å². The summed E-state index contributed by atoms with van der Waals surface area (Å²) >= 11 is 0. The zero-order valence-corrected chi connectivity index (χ0v) is 10.3. The van der Waals surface area contributed by atoms with E-state index in [4.69, 9.17) is 5.73 Å². The van der Waals surface area contributed by atoms with Gasteiger partial charge < -0.3 is 5.73 Å². The summed E-state index contributed by atoms with van der Waals surface area (Å²) in [6.07, 6.45) is 11.3. The SMILES string of the molecule is NC12CC3CC(C1)CC(N1CCCC1)(C3)C2. The fourth-order valence-corrected chi connectivity index (χ4v) is 5.85. The highest BCUT2D eigenvalue weighted by molar-refractivity contribution is 5.15. The summed E-state index contributed by atoms with van der Waals surface area (Å²) in [4.78, 5) is 2.83. The van der Waals surface area contributed by atoms with E-state index in [-0.39, 0.29) is 5.54 Å². The van der Waals surface area contributed by atoms with Gasteiger partial charge in [-0.15, -0.1) is 0 Å². The van der Waals surface area contributed by atoms with Gasteiger partial charge in [0.15, 0.2) is 0 Å². The topological polar surface area (TPSA) is 29.3 Å². The maximum atomic E-state index is 6.65. The maximum absolute atomic E-state index is 6.65. The number of rotatable bonds is 1. The minimum Gasteiger partial charge on any atom is -0.325 e. The Bertz CT molecular complexity index is 292. The summed E-state index contributed by atoms with van der Waals surface area (Å²) in [5.41, 5.74) is 7.43. The molecule has 0 amide bonds. The van der Waals surface area contributed by atoms with Crippen LogP contribution in [-0.2, 0) is 0 Å². The molecule has 0 spiro atoms. The molecule has 1 saturated heterocycles. The second-order valence-electron chi connectivity index (χ2n) is 7.24. The van der Waals surface area contributed by atoms with Crippen molar-refractivity contribution in [1.82, 2.24) is 4.90 Å². The van der Waals surface area contributed by atoms with E-state index in [0.29, 0.717) is 5.54 Å². The van der Waals surface area contributed by atoms with Crippen molar-refractivity contribution >= 4 is 0 Å². The van der Waals surface area contributed by atoms with Crippen molar-refractivity contribution in [2.45, 2.75) is 62.4 Å². The summed E-state index contributed by atoms with van der Waals surface area (Å²) in [5, 5.41) is 0. The Balaban J connectivity index is 1.68. The van der Waals surface area contributed by atoms with Crippen LogP contribution < -0.4 is 5.73 Å². The van der Waals surface area contributed by atoms with E-state index in [9.17, 15) is 0 Å². The molecule has 0 aromatic heterocycles. The van der Waals surface area contributed by atoms with Crippen LogP contribution >= 0.6 is 0 Å². The van der Waals surface area contributed by atoms with Gasteiger partial charge in [0, 0.05) is 11.1 Å². The van der Waals surface area contributed by atoms with Crippen LogP contribution in [-0.4, -0.2) is 29.1 Å². The number of nitrogens with two attached hydrogens (primary N) is 1. The van der Waals surface area contributed by atoms with Crippen LogP contribution in [0.15, 0.2) is 0 Å². The largest absolute Gasteiger partial charge is 0.325 e. The lowest BCUT2D eigenvalue weighted by molar-refractivity contribution is -0.0912. The third-order valence-electron chi connectivity index (χ3n) is 5.85. The Morgan fingerprint density at radius 1 is 0.938 bits per heavy atom. The Hall–Kier alpha value is -0.0800. The van der Waals surface area contributed by atoms with E-state index >= 15 is 0 Å². The fourth-order valence-electron chi connectivity index (χ4n) is 5.85. The van der Waals surface area contributed by atoms with Crippen LogP contribution in [0.5, 0.6) is 0 Å². The molecule has 4 saturated carbocycles. The fraction of sp³-hybridized carbons (Fsp3) is 1.00. The zero-order chi connectivity index (χ0) is 10.8. The average Bonchev–Trinajstić information content (AvgIpc) is 2.65. The predicted octanol–water partition coefficient (Wildman–Crippen LogP) is 2.13. The summed E-state index contributed by atoms with van der Waals surface area (Å²) in [6, 6.07) is 0. The van der Waals surface area contributed by atoms with Crippen LogP contribution in [0.25, 0.3) is 0 Å². The average molecular weight is 220 g/mol. The van der Waals surface area contributed by atoms with Gasteiger partial charge in [-0.05, 0) is 76.3 Å². The zero-order valence-electron chi connectivity index (χ0n) is 10.3. The molecule has 2 heteroatoms. The van der Waals surface area contributed by atoms with Crippen molar-refractivity contribution < 1.29 is 0 Å². The van der Waals surface area contributed by atoms with Crippen molar-refractivity contribution in [3.63, 3.8) is 0 Å². The van der Waals surface area contributed by atoms with E-state index < -0.39 is 0 Å². The van der Waals surface area contributed by atoms with Crippen LogP contribution in [0.3, 0.4) is 0 Å². The first kappa shape index (κ1) is 9.90. The molecule has 2 N–H and O–H groups in total. The van der Waals surface area contributed by atoms with Crippen molar-refractivity contribution in [3.05, 3.63) is 0 Å². The van der Waals surface area contributed by atoms with Gasteiger partial charge in [-0.1, -0.05) is 0 Å². The standard InChI is InChI=1S/C14H24N2/c15-13-6-11-5-12(7-13)9-14(8-11,10-13)16-3-1-2-4-16/h11-12H,1-10,15H2. The summed E-state index contributed by atoms with van der Waals surface area (Å²) in [7, 11) is 0. The lowest BCUT2D eigenvalue weighted by Crippen LogP contribution is -2.67. The van der Waals surface area contributed by atoms with Gasteiger partial charge in [-0.2, -0.15) is 0 Å². The van der Waals surface area contributed by atoms with Gasteiger partial charge in [-0.3, -0.25) is 4.90 Å². The normalized spacial score (nSPS) is 56.1. The molecule has 1 aliphatic heterocycles. The van der Waals surface area contributed by atoms with E-state index in [0.717, 1.165) is 11.8 Å². The summed E-state index contributed by atoms with van der Waals surface area (Å²) in [6.45, 7) is 2.71. The van der Waals surface area contributed by atoms with Crippen molar-refractivity contribution in [1.29, 1.82) is 0 Å². The lowest BCUT2D eigenvalue weighted by atomic mass is 9.50. The molecule has 5 rings (SSSR count). The monoisotopic (exact) mass is 220 g/mol. The third-order valence-corrected chi connectivity index (χ3v) is 5.85. The van der Waals surface area contributed by atoms with Gasteiger partial charge in [0.1, 0.15) is 0 Å². The second-order valence-corrected chi connectivity index (χ2v) is 7.24. The van der Waals surface area contributed by atoms with E-state index in [1.807, 2.05) is 0 Å². The van der Waals surface area contributed by atoms with Crippen LogP contribution in [0.4, 0.5) is 0 Å². The molecular weight excluding hydrogens is 196 g/mol. The highest BCUT2D eigenvalue weighted by Crippen LogP contribution is 2.58. The number of nitrogens with zero attached hydrogens (tertiary/aromatic N) is 1. The molecule has 1 heterocycles. The first-order valence-electron chi connectivity index (χ1n) is 7.22. The molecule has 4 bridgehead atoms. The van der Waals surface area contributed by atoms with Gasteiger partial charge in [0.05, 0.1) is 0 Å². The minimum absolute atomic E-state index is 0.229. The smallest absolute Gasteiger partial charge is 0.0232 e. The Morgan fingerprint density at radius 3 is 2.12 bits per heavy atom. The first-order chi connectivity index (χ1) is 7.68. The Morgan fingerprint density at radius 2 is 1.56 bits per heavy atom. The predicted molar refractivity (Wildman–Crippen MR) is 65.1 cm³/mol. The summed E-state index contributed by atoms with van der Waals surface area (Å²) in [5.74, 6) is 1.93. The molecule has 2 unspecified atom stereocenters. The molecule has 0 aromatic carbocycles. The van der Waals surface area contributed by atoms with E-state index in [1.54, 1.807) is 0 Å². The van der Waals surface area contributed by atoms with Crippen LogP contribution in [0.2, 0.25) is 0 Å². The maximum Gasteiger partial charge on any atom is 0.0232 e. The molecule has 90 valence electrons. The number of hydrogen-bond acceptors (Lipinski definition) is 2. The quantitative estimate of drug-likeness (QED) is 0.733. The minimum atomic E-state index is 0.229. The molecule has 5 aliphatic rings. The van der Waals surface area contributed by atoms with Crippen LogP contribution in [0.1, 0.15) is 51.4 Å². The molecule has 5 fully saturated rings. The Labute approximate surface area is 98.6 Å². The third kappa shape index (κ3) is 1.26. The molecule has 2 nitrogen and oxygen atoms in total. The highest BCUT2D eigenvalue weighted by Gasteiger charge is 2.58. The highest BCUT2D eigenvalue weighted by atomic mass is 15.2. The number of hydrogen-bond donors (Lipinski definition) is 1. The van der Waals surface area contributed by atoms with Gasteiger partial charge in [0.2, 0.25) is 0 Å². The van der Waals surface area contributed by atoms with E-state index in [1.165, 1.54) is 64.5 Å². The van der Waals surface area contributed by atoms with Gasteiger partial charge >= 0.3 is 0 Å². The van der Waals surface area contributed by atoms with E-state index in [2.05, 4.69) is 4.90 Å². The first-order valence-corrected chi connectivity index (χ1v) is 7.22. The lowest BCUT2D eigenvalue weighted by Gasteiger charge is -2.63. The summed E-state index contributed by atoms with van der Waals surface area (Å²) < 4.78 is 0. The molecule has 2 atom stereocenters. The number of likely N-dealkylation sites (tertiary alicyclic amines) is 1.